The third kappa shape index (κ3) is 4.19. The number of rotatable bonds is 4. The van der Waals surface area contributed by atoms with Crippen molar-refractivity contribution < 1.29 is 9.84 Å². The van der Waals surface area contributed by atoms with E-state index in [0.29, 0.717) is 38.3 Å². The van der Waals surface area contributed by atoms with Gasteiger partial charge in [0.25, 0.3) is 0 Å². The Kier molecular flexibility index (Phi) is 5.39. The van der Waals surface area contributed by atoms with E-state index in [-0.39, 0.29) is 17.6 Å². The highest BCUT2D eigenvalue weighted by atomic mass is 35.5. The molecule has 3 rings (SSSR count). The average Bonchev–Trinajstić information content (AvgIpc) is 2.57. The van der Waals surface area contributed by atoms with E-state index in [2.05, 4.69) is 15.2 Å². The van der Waals surface area contributed by atoms with Crippen LogP contribution < -0.4 is 4.74 Å². The van der Waals surface area contributed by atoms with Crippen LogP contribution >= 0.6 is 34.8 Å². The zero-order valence-electron chi connectivity index (χ0n) is 13.0. The predicted molar refractivity (Wildman–Crippen MR) is 97.5 cm³/mol. The van der Waals surface area contributed by atoms with Crippen LogP contribution in [0.15, 0.2) is 36.4 Å². The molecule has 0 aliphatic heterocycles. The SMILES string of the molecule is Cc1c(CO)cc(-c2cc(Cl)cc(Cl)c2)nc1Oc1ccc(Cl)nn1. The van der Waals surface area contributed by atoms with Crippen molar-refractivity contribution in [1.29, 1.82) is 0 Å². The van der Waals surface area contributed by atoms with Gasteiger partial charge in [0.1, 0.15) is 0 Å². The normalized spacial score (nSPS) is 10.8. The van der Waals surface area contributed by atoms with Crippen LogP contribution in [0, 0.1) is 6.92 Å². The molecule has 2 heterocycles. The molecule has 0 saturated carbocycles. The number of hydrogen-bond acceptors (Lipinski definition) is 5. The van der Waals surface area contributed by atoms with Crippen molar-refractivity contribution in [3.63, 3.8) is 0 Å². The van der Waals surface area contributed by atoms with Crippen molar-refractivity contribution in [3.8, 4) is 23.0 Å². The Bertz CT molecular complexity index is 898. The first-order valence-electron chi connectivity index (χ1n) is 7.21. The molecule has 128 valence electrons. The van der Waals surface area contributed by atoms with Crippen LogP contribution in [-0.4, -0.2) is 20.3 Å². The Hall–Kier alpha value is -1.92. The minimum atomic E-state index is -0.168. The number of ether oxygens (including phenoxy) is 1. The fraction of sp³-hybridized carbons (Fsp3) is 0.118. The lowest BCUT2D eigenvalue weighted by Crippen LogP contribution is -2.00. The lowest BCUT2D eigenvalue weighted by Gasteiger charge is -2.13. The second-order valence-corrected chi connectivity index (χ2v) is 6.47. The minimum absolute atomic E-state index is 0.168. The van der Waals surface area contributed by atoms with E-state index in [1.54, 1.807) is 43.3 Å². The van der Waals surface area contributed by atoms with Gasteiger partial charge in [-0.25, -0.2) is 4.98 Å². The van der Waals surface area contributed by atoms with E-state index in [1.807, 2.05) is 0 Å². The standard InChI is InChI=1S/C17H12Cl3N3O2/c1-9-11(8-24)6-14(10-4-12(18)7-13(19)5-10)21-17(9)25-16-3-2-15(20)22-23-16/h2-7,24H,8H2,1H3. The van der Waals surface area contributed by atoms with Crippen LogP contribution in [0.3, 0.4) is 0 Å². The molecule has 0 bridgehead atoms. The number of pyridine rings is 1. The highest BCUT2D eigenvalue weighted by Gasteiger charge is 2.14. The Morgan fingerprint density at radius 3 is 2.32 bits per heavy atom. The lowest BCUT2D eigenvalue weighted by atomic mass is 10.1. The molecule has 0 unspecified atom stereocenters. The first-order chi connectivity index (χ1) is 12.0. The van der Waals surface area contributed by atoms with Crippen LogP contribution in [-0.2, 0) is 6.61 Å². The van der Waals surface area contributed by atoms with Gasteiger partial charge in [-0.15, -0.1) is 10.2 Å². The molecule has 0 aliphatic carbocycles. The van der Waals surface area contributed by atoms with Crippen LogP contribution in [0.4, 0.5) is 0 Å². The molecular weight excluding hydrogens is 385 g/mol. The maximum Gasteiger partial charge on any atom is 0.240 e. The highest BCUT2D eigenvalue weighted by molar-refractivity contribution is 6.35. The van der Waals surface area contributed by atoms with E-state index in [9.17, 15) is 5.11 Å². The highest BCUT2D eigenvalue weighted by Crippen LogP contribution is 2.32. The van der Waals surface area contributed by atoms with Crippen molar-refractivity contribution in [3.05, 3.63) is 62.7 Å². The van der Waals surface area contributed by atoms with Crippen molar-refractivity contribution in [1.82, 2.24) is 15.2 Å². The number of halogens is 3. The van der Waals surface area contributed by atoms with Crippen molar-refractivity contribution >= 4 is 34.8 Å². The summed E-state index contributed by atoms with van der Waals surface area (Å²) in [5, 5.41) is 18.5. The summed E-state index contributed by atoms with van der Waals surface area (Å²) in [6.45, 7) is 1.63. The summed E-state index contributed by atoms with van der Waals surface area (Å²) in [5.74, 6) is 0.541. The van der Waals surface area contributed by atoms with Gasteiger partial charge in [-0.3, -0.25) is 0 Å². The van der Waals surface area contributed by atoms with E-state index >= 15 is 0 Å². The van der Waals surface area contributed by atoms with Crippen LogP contribution in [0.5, 0.6) is 11.8 Å². The van der Waals surface area contributed by atoms with Gasteiger partial charge in [-0.05, 0) is 42.8 Å². The van der Waals surface area contributed by atoms with E-state index in [4.69, 9.17) is 39.5 Å². The molecule has 0 atom stereocenters. The number of benzene rings is 1. The number of hydrogen-bond donors (Lipinski definition) is 1. The summed E-state index contributed by atoms with van der Waals surface area (Å²) in [6, 6.07) is 10.0. The molecular formula is C17H12Cl3N3O2. The third-order valence-electron chi connectivity index (χ3n) is 3.47. The molecule has 5 nitrogen and oxygen atoms in total. The molecule has 1 aromatic carbocycles. The first kappa shape index (κ1) is 17.9. The third-order valence-corrected chi connectivity index (χ3v) is 4.11. The number of aliphatic hydroxyl groups excluding tert-OH is 1. The van der Waals surface area contributed by atoms with Crippen LogP contribution in [0.25, 0.3) is 11.3 Å². The topological polar surface area (TPSA) is 68.1 Å². The van der Waals surface area contributed by atoms with Gasteiger partial charge >= 0.3 is 0 Å². The van der Waals surface area contributed by atoms with Crippen molar-refractivity contribution in [2.75, 3.05) is 0 Å². The van der Waals surface area contributed by atoms with Crippen molar-refractivity contribution in [2.45, 2.75) is 13.5 Å². The number of aliphatic hydroxyl groups is 1. The van der Waals surface area contributed by atoms with Gasteiger partial charge in [-0.2, -0.15) is 0 Å². The Labute approximate surface area is 159 Å². The summed E-state index contributed by atoms with van der Waals surface area (Å²) >= 11 is 17.9. The first-order valence-corrected chi connectivity index (χ1v) is 8.34. The van der Waals surface area contributed by atoms with E-state index < -0.39 is 0 Å². The molecule has 0 radical (unpaired) electrons. The number of nitrogens with zero attached hydrogens (tertiary/aromatic N) is 3. The van der Waals surface area contributed by atoms with Crippen molar-refractivity contribution in [2.24, 2.45) is 0 Å². The molecule has 1 N–H and O–H groups in total. The molecule has 0 fully saturated rings. The maximum atomic E-state index is 9.65. The van der Waals surface area contributed by atoms with Gasteiger partial charge in [0.05, 0.1) is 12.3 Å². The molecule has 3 aromatic rings. The van der Waals surface area contributed by atoms with Crippen LogP contribution in [0.1, 0.15) is 11.1 Å². The molecule has 0 spiro atoms. The number of aromatic nitrogens is 3. The fourth-order valence-corrected chi connectivity index (χ4v) is 2.83. The van der Waals surface area contributed by atoms with Gasteiger partial charge in [-0.1, -0.05) is 34.8 Å². The summed E-state index contributed by atoms with van der Waals surface area (Å²) in [5.41, 5.74) is 2.63. The monoisotopic (exact) mass is 395 g/mol. The smallest absolute Gasteiger partial charge is 0.240 e. The quantitative estimate of drug-likeness (QED) is 0.665. The molecule has 0 aliphatic rings. The van der Waals surface area contributed by atoms with Crippen LogP contribution in [0.2, 0.25) is 15.2 Å². The summed E-state index contributed by atoms with van der Waals surface area (Å²) in [6.07, 6.45) is 0. The predicted octanol–water partition coefficient (Wildman–Crippen LogP) is 5.09. The molecule has 0 amide bonds. The Balaban J connectivity index is 2.07. The van der Waals surface area contributed by atoms with E-state index in [1.165, 1.54) is 0 Å². The zero-order chi connectivity index (χ0) is 18.0. The lowest BCUT2D eigenvalue weighted by molar-refractivity contribution is 0.280. The van der Waals surface area contributed by atoms with Gasteiger partial charge < -0.3 is 9.84 Å². The molecule has 8 heteroatoms. The van der Waals surface area contributed by atoms with E-state index in [0.717, 1.165) is 0 Å². The fourth-order valence-electron chi connectivity index (χ4n) is 2.21. The van der Waals surface area contributed by atoms with Gasteiger partial charge in [0.2, 0.25) is 11.8 Å². The summed E-state index contributed by atoms with van der Waals surface area (Å²) in [7, 11) is 0. The second-order valence-electron chi connectivity index (χ2n) is 5.21. The summed E-state index contributed by atoms with van der Waals surface area (Å²) in [4.78, 5) is 4.50. The molecule has 2 aromatic heterocycles. The Morgan fingerprint density at radius 2 is 1.72 bits per heavy atom. The zero-order valence-corrected chi connectivity index (χ0v) is 15.3. The largest absolute Gasteiger partial charge is 0.419 e. The van der Waals surface area contributed by atoms with Gasteiger partial charge in [0.15, 0.2) is 5.15 Å². The molecule has 0 saturated heterocycles. The Morgan fingerprint density at radius 1 is 1.00 bits per heavy atom. The van der Waals surface area contributed by atoms with Gasteiger partial charge in [0, 0.05) is 27.2 Å². The molecule has 25 heavy (non-hydrogen) atoms. The second kappa shape index (κ2) is 7.54. The average molecular weight is 397 g/mol. The summed E-state index contributed by atoms with van der Waals surface area (Å²) < 4.78 is 5.71. The minimum Gasteiger partial charge on any atom is -0.419 e. The maximum absolute atomic E-state index is 9.65.